The lowest BCUT2D eigenvalue weighted by Crippen LogP contribution is -2.42. The Hall–Kier alpha value is -2.53. The quantitative estimate of drug-likeness (QED) is 0.320. The zero-order chi connectivity index (χ0) is 19.0. The molecule has 0 saturated heterocycles. The van der Waals surface area contributed by atoms with E-state index in [1.54, 1.807) is 22.8 Å². The van der Waals surface area contributed by atoms with Crippen molar-refractivity contribution in [1.29, 1.82) is 0 Å². The maximum Gasteiger partial charge on any atom is 0.271 e. The average molecular weight is 492 g/mol. The van der Waals surface area contributed by atoms with Gasteiger partial charge in [0.15, 0.2) is 4.80 Å². The molecule has 0 fully saturated rings. The predicted molar refractivity (Wildman–Crippen MR) is 113 cm³/mol. The van der Waals surface area contributed by atoms with Gasteiger partial charge in [-0.05, 0) is 58.5 Å². The number of anilines is 1. The van der Waals surface area contributed by atoms with Crippen LogP contribution in [-0.2, 0) is 6.67 Å². The lowest BCUT2D eigenvalue weighted by Gasteiger charge is -2.25. The molecule has 1 aromatic heterocycles. The third kappa shape index (κ3) is 3.65. The normalized spacial score (nSPS) is 14.0. The van der Waals surface area contributed by atoms with Gasteiger partial charge in [-0.3, -0.25) is 19.5 Å². The van der Waals surface area contributed by atoms with E-state index in [1.807, 2.05) is 29.2 Å². The van der Waals surface area contributed by atoms with Gasteiger partial charge in [-0.1, -0.05) is 23.5 Å². The summed E-state index contributed by atoms with van der Waals surface area (Å²) >= 11 is 3.55. The molecule has 0 N–H and O–H groups in total. The van der Waals surface area contributed by atoms with Crippen LogP contribution >= 0.6 is 33.9 Å². The van der Waals surface area contributed by atoms with E-state index < -0.39 is 4.92 Å². The van der Waals surface area contributed by atoms with Crippen LogP contribution in [0.2, 0.25) is 0 Å². The number of fused-ring (bicyclic) bond motifs is 1. The molecular formula is C18H13IN4O3S. The smallest absolute Gasteiger partial charge is 0.271 e. The molecule has 0 bridgehead atoms. The fraction of sp³-hybridized carbons (Fsp3) is 0.111. The summed E-state index contributed by atoms with van der Waals surface area (Å²) in [4.78, 5) is 30.5. The molecule has 3 aromatic rings. The zero-order valence-corrected chi connectivity index (χ0v) is 16.9. The predicted octanol–water partition coefficient (Wildman–Crippen LogP) is 2.31. The molecule has 1 aliphatic heterocycles. The number of hydrogen-bond donors (Lipinski definition) is 0. The van der Waals surface area contributed by atoms with Crippen LogP contribution in [-0.4, -0.2) is 16.2 Å². The summed E-state index contributed by atoms with van der Waals surface area (Å²) in [5, 5.41) is 10.9. The second-order valence-electron chi connectivity index (χ2n) is 5.94. The molecule has 2 heterocycles. The molecule has 27 heavy (non-hydrogen) atoms. The van der Waals surface area contributed by atoms with E-state index in [-0.39, 0.29) is 11.2 Å². The van der Waals surface area contributed by atoms with Crippen molar-refractivity contribution in [2.24, 2.45) is 4.99 Å². The van der Waals surface area contributed by atoms with Crippen molar-refractivity contribution >= 4 is 51.4 Å². The second kappa shape index (κ2) is 7.24. The summed E-state index contributed by atoms with van der Waals surface area (Å²) in [6.07, 6.45) is 1.68. The summed E-state index contributed by atoms with van der Waals surface area (Å²) in [6.45, 7) is 0.911. The Kier molecular flexibility index (Phi) is 4.79. The Bertz CT molecular complexity index is 1200. The van der Waals surface area contributed by atoms with Crippen LogP contribution in [0.1, 0.15) is 5.56 Å². The van der Waals surface area contributed by atoms with E-state index in [0.29, 0.717) is 28.2 Å². The number of aromatic nitrogens is 1. The van der Waals surface area contributed by atoms with E-state index in [1.165, 1.54) is 23.5 Å². The van der Waals surface area contributed by atoms with Gasteiger partial charge in [-0.25, -0.2) is 4.99 Å². The van der Waals surface area contributed by atoms with Crippen molar-refractivity contribution in [2.75, 3.05) is 11.6 Å². The Balaban J connectivity index is 1.70. The number of halogens is 1. The third-order valence-corrected chi connectivity index (χ3v) is 5.91. The highest BCUT2D eigenvalue weighted by Crippen LogP contribution is 2.17. The summed E-state index contributed by atoms with van der Waals surface area (Å²) in [5.41, 5.74) is 1.49. The van der Waals surface area contributed by atoms with Gasteiger partial charge in [0.1, 0.15) is 13.3 Å². The van der Waals surface area contributed by atoms with Crippen LogP contribution in [0.3, 0.4) is 0 Å². The number of hydrogen-bond acceptors (Lipinski definition) is 6. The van der Waals surface area contributed by atoms with Gasteiger partial charge in [0.2, 0.25) is 0 Å². The SMILES string of the molecule is O=c1c(=Cc2cccc([N+](=O)[O-])c2)sc2n1CN(c1ccc(I)cc1)CN=2. The molecule has 0 aliphatic carbocycles. The molecule has 0 amide bonds. The first-order chi connectivity index (χ1) is 13.0. The topological polar surface area (TPSA) is 80.7 Å². The highest BCUT2D eigenvalue weighted by Gasteiger charge is 2.16. The van der Waals surface area contributed by atoms with Crippen molar-refractivity contribution < 1.29 is 4.92 Å². The fourth-order valence-electron chi connectivity index (χ4n) is 2.81. The van der Waals surface area contributed by atoms with Crippen LogP contribution < -0.4 is 19.8 Å². The lowest BCUT2D eigenvalue weighted by atomic mass is 10.2. The van der Waals surface area contributed by atoms with Crippen molar-refractivity contribution in [1.82, 2.24) is 4.57 Å². The first-order valence-corrected chi connectivity index (χ1v) is 9.91. The minimum absolute atomic E-state index is 0.000237. The Labute approximate surface area is 171 Å². The summed E-state index contributed by atoms with van der Waals surface area (Å²) in [6, 6.07) is 14.3. The third-order valence-electron chi connectivity index (χ3n) is 4.15. The molecule has 0 spiro atoms. The van der Waals surface area contributed by atoms with Crippen LogP contribution in [0.4, 0.5) is 11.4 Å². The van der Waals surface area contributed by atoms with E-state index in [0.717, 1.165) is 9.26 Å². The van der Waals surface area contributed by atoms with Crippen LogP contribution in [0.5, 0.6) is 0 Å². The number of nitrogens with zero attached hydrogens (tertiary/aromatic N) is 4. The van der Waals surface area contributed by atoms with Crippen molar-refractivity contribution in [3.63, 3.8) is 0 Å². The summed E-state index contributed by atoms with van der Waals surface area (Å²) < 4.78 is 3.29. The van der Waals surface area contributed by atoms with Crippen LogP contribution in [0, 0.1) is 13.7 Å². The average Bonchev–Trinajstić information content (AvgIpc) is 2.98. The molecule has 9 heteroatoms. The Morgan fingerprint density at radius 3 is 2.74 bits per heavy atom. The van der Waals surface area contributed by atoms with Gasteiger partial charge in [0, 0.05) is 21.4 Å². The van der Waals surface area contributed by atoms with Gasteiger partial charge in [-0.2, -0.15) is 0 Å². The standard InChI is InChI=1S/C18H13IN4O3S/c19-13-4-6-14(7-5-13)21-10-20-18-22(11-21)17(24)16(27-18)9-12-2-1-3-15(8-12)23(25)26/h1-9H,10-11H2. The van der Waals surface area contributed by atoms with Gasteiger partial charge in [-0.15, -0.1) is 0 Å². The first kappa shape index (κ1) is 17.9. The van der Waals surface area contributed by atoms with Crippen LogP contribution in [0.25, 0.3) is 6.08 Å². The van der Waals surface area contributed by atoms with Crippen molar-refractivity contribution in [2.45, 2.75) is 6.67 Å². The van der Waals surface area contributed by atoms with Gasteiger partial charge >= 0.3 is 0 Å². The van der Waals surface area contributed by atoms with Crippen molar-refractivity contribution in [3.05, 3.63) is 87.5 Å². The summed E-state index contributed by atoms with van der Waals surface area (Å²) in [7, 11) is 0. The highest BCUT2D eigenvalue weighted by molar-refractivity contribution is 14.1. The van der Waals surface area contributed by atoms with Crippen molar-refractivity contribution in [3.8, 4) is 0 Å². The molecule has 0 unspecified atom stereocenters. The van der Waals surface area contributed by atoms with E-state index in [9.17, 15) is 14.9 Å². The Morgan fingerprint density at radius 1 is 1.22 bits per heavy atom. The zero-order valence-electron chi connectivity index (χ0n) is 13.9. The minimum atomic E-state index is -0.447. The number of non-ortho nitro benzene ring substituents is 1. The monoisotopic (exact) mass is 492 g/mol. The number of nitro benzene ring substituents is 1. The molecule has 0 atom stereocenters. The molecular weight excluding hydrogens is 479 g/mol. The molecule has 0 radical (unpaired) electrons. The van der Waals surface area contributed by atoms with E-state index in [4.69, 9.17) is 0 Å². The summed E-state index contributed by atoms with van der Waals surface area (Å²) in [5.74, 6) is 0. The number of thiazole rings is 1. The van der Waals surface area contributed by atoms with Gasteiger partial charge < -0.3 is 4.90 Å². The Morgan fingerprint density at radius 2 is 2.00 bits per heavy atom. The molecule has 0 saturated carbocycles. The van der Waals surface area contributed by atoms with Gasteiger partial charge in [0.05, 0.1) is 9.46 Å². The molecule has 1 aliphatic rings. The highest BCUT2D eigenvalue weighted by atomic mass is 127. The fourth-order valence-corrected chi connectivity index (χ4v) is 4.13. The largest absolute Gasteiger partial charge is 0.334 e. The number of benzene rings is 2. The first-order valence-electron chi connectivity index (χ1n) is 8.02. The number of nitro groups is 1. The van der Waals surface area contributed by atoms with Gasteiger partial charge in [0.25, 0.3) is 11.2 Å². The maximum absolute atomic E-state index is 12.8. The molecule has 136 valence electrons. The number of rotatable bonds is 3. The molecule has 2 aromatic carbocycles. The minimum Gasteiger partial charge on any atom is -0.334 e. The van der Waals surface area contributed by atoms with E-state index in [2.05, 4.69) is 27.6 Å². The van der Waals surface area contributed by atoms with E-state index >= 15 is 0 Å². The molecule has 4 rings (SSSR count). The molecule has 7 nitrogen and oxygen atoms in total. The second-order valence-corrected chi connectivity index (χ2v) is 8.19. The maximum atomic E-state index is 12.8. The lowest BCUT2D eigenvalue weighted by molar-refractivity contribution is -0.384. The van der Waals surface area contributed by atoms with Crippen LogP contribution in [0.15, 0.2) is 58.3 Å².